The Morgan fingerprint density at radius 3 is 2.71 bits per heavy atom. The Hall–Kier alpha value is -0.720. The molecular formula is C11H20N2O3S. The summed E-state index contributed by atoms with van der Waals surface area (Å²) in [7, 11) is 1.64. The number of amides is 1. The molecule has 0 aromatic rings. The predicted octanol–water partition coefficient (Wildman–Crippen LogP) is 0.222. The zero-order valence-electron chi connectivity index (χ0n) is 10.2. The molecule has 0 spiro atoms. The topological polar surface area (TPSA) is 73.6 Å². The van der Waals surface area contributed by atoms with Gasteiger partial charge in [-0.05, 0) is 19.3 Å². The fourth-order valence-electron chi connectivity index (χ4n) is 1.89. The largest absolute Gasteiger partial charge is 0.392 e. The Balaban J connectivity index is 2.52. The van der Waals surface area contributed by atoms with Crippen LogP contribution in [0.25, 0.3) is 0 Å². The molecule has 1 amide bonds. The van der Waals surface area contributed by atoms with Crippen LogP contribution in [0.15, 0.2) is 0 Å². The van der Waals surface area contributed by atoms with E-state index in [0.29, 0.717) is 39.2 Å². The third-order valence-corrected chi connectivity index (χ3v) is 3.45. The number of hydrogen-bond donors (Lipinski definition) is 2. The van der Waals surface area contributed by atoms with Gasteiger partial charge >= 0.3 is 0 Å². The molecule has 1 heterocycles. The normalized spacial score (nSPS) is 18.6. The van der Waals surface area contributed by atoms with Gasteiger partial charge in [-0.1, -0.05) is 12.2 Å². The molecule has 1 rings (SSSR count). The minimum atomic E-state index is -0.722. The average molecular weight is 260 g/mol. The van der Waals surface area contributed by atoms with Gasteiger partial charge in [0.1, 0.15) is 5.41 Å². The summed E-state index contributed by atoms with van der Waals surface area (Å²) in [6.07, 6.45) is 1.92. The average Bonchev–Trinajstić information content (AvgIpc) is 2.35. The minimum absolute atomic E-state index is 0.0793. The second-order valence-electron chi connectivity index (χ2n) is 4.16. The van der Waals surface area contributed by atoms with Gasteiger partial charge in [0.15, 0.2) is 0 Å². The summed E-state index contributed by atoms with van der Waals surface area (Å²) in [5, 5.41) is 2.87. The molecular weight excluding hydrogens is 240 g/mol. The summed E-state index contributed by atoms with van der Waals surface area (Å²) in [6, 6.07) is 0. The third-order valence-electron chi connectivity index (χ3n) is 3.06. The molecule has 0 unspecified atom stereocenters. The van der Waals surface area contributed by atoms with E-state index in [1.807, 2.05) is 0 Å². The van der Waals surface area contributed by atoms with Crippen molar-refractivity contribution in [3.05, 3.63) is 0 Å². The van der Waals surface area contributed by atoms with Gasteiger partial charge in [0.2, 0.25) is 5.91 Å². The molecule has 98 valence electrons. The standard InChI is InChI=1S/C11H20N2O3S/c1-15-6-2-5-13-10(14)11(9(12)17)3-7-16-8-4-11/h2-8H2,1H3,(H2,12,17)(H,13,14). The third kappa shape index (κ3) is 3.62. The fraction of sp³-hybridized carbons (Fsp3) is 0.818. The first-order valence-electron chi connectivity index (χ1n) is 5.78. The van der Waals surface area contributed by atoms with Gasteiger partial charge in [0.05, 0.1) is 4.99 Å². The highest BCUT2D eigenvalue weighted by atomic mass is 32.1. The van der Waals surface area contributed by atoms with E-state index in [-0.39, 0.29) is 10.9 Å². The number of nitrogens with two attached hydrogens (primary N) is 1. The molecule has 0 bridgehead atoms. The number of carbonyl (C=O) groups excluding carboxylic acids is 1. The molecule has 6 heteroatoms. The lowest BCUT2D eigenvalue weighted by molar-refractivity contribution is -0.131. The van der Waals surface area contributed by atoms with Gasteiger partial charge in [-0.25, -0.2) is 0 Å². The molecule has 17 heavy (non-hydrogen) atoms. The van der Waals surface area contributed by atoms with Crippen LogP contribution in [0.2, 0.25) is 0 Å². The van der Waals surface area contributed by atoms with Crippen LogP contribution in [-0.2, 0) is 14.3 Å². The van der Waals surface area contributed by atoms with E-state index in [1.54, 1.807) is 7.11 Å². The van der Waals surface area contributed by atoms with Crippen LogP contribution in [0.3, 0.4) is 0 Å². The second-order valence-corrected chi connectivity index (χ2v) is 4.60. The van der Waals surface area contributed by atoms with Crippen molar-refractivity contribution in [1.82, 2.24) is 5.32 Å². The van der Waals surface area contributed by atoms with Crippen molar-refractivity contribution in [2.75, 3.05) is 33.5 Å². The lowest BCUT2D eigenvalue weighted by atomic mass is 9.79. The van der Waals surface area contributed by atoms with Crippen molar-refractivity contribution in [2.24, 2.45) is 11.1 Å². The van der Waals surface area contributed by atoms with Gasteiger partial charge in [-0.2, -0.15) is 0 Å². The first-order chi connectivity index (χ1) is 8.13. The molecule has 0 aromatic carbocycles. The number of hydrogen-bond acceptors (Lipinski definition) is 4. The first-order valence-corrected chi connectivity index (χ1v) is 6.19. The van der Waals surface area contributed by atoms with Crippen LogP contribution in [0, 0.1) is 5.41 Å². The van der Waals surface area contributed by atoms with Crippen molar-refractivity contribution < 1.29 is 14.3 Å². The van der Waals surface area contributed by atoms with Crippen molar-refractivity contribution >= 4 is 23.1 Å². The van der Waals surface area contributed by atoms with Crippen molar-refractivity contribution in [3.63, 3.8) is 0 Å². The summed E-state index contributed by atoms with van der Waals surface area (Å²) >= 11 is 5.04. The fourth-order valence-corrected chi connectivity index (χ4v) is 2.19. The van der Waals surface area contributed by atoms with Crippen LogP contribution in [-0.4, -0.2) is 44.4 Å². The predicted molar refractivity (Wildman–Crippen MR) is 68.8 cm³/mol. The van der Waals surface area contributed by atoms with Gasteiger partial charge in [0.25, 0.3) is 0 Å². The van der Waals surface area contributed by atoms with Crippen molar-refractivity contribution in [1.29, 1.82) is 0 Å². The zero-order chi connectivity index (χ0) is 12.7. The quantitative estimate of drug-likeness (QED) is 0.528. The van der Waals surface area contributed by atoms with Gasteiger partial charge in [0, 0.05) is 33.5 Å². The smallest absolute Gasteiger partial charge is 0.233 e. The number of nitrogens with one attached hydrogen (secondary N) is 1. The molecule has 5 nitrogen and oxygen atoms in total. The summed E-state index contributed by atoms with van der Waals surface area (Å²) in [4.78, 5) is 12.4. The molecule has 0 aliphatic carbocycles. The molecule has 0 atom stereocenters. The van der Waals surface area contributed by atoms with Crippen LogP contribution in [0.5, 0.6) is 0 Å². The molecule has 3 N–H and O–H groups in total. The van der Waals surface area contributed by atoms with Gasteiger partial charge < -0.3 is 20.5 Å². The van der Waals surface area contributed by atoms with Crippen LogP contribution >= 0.6 is 12.2 Å². The van der Waals surface area contributed by atoms with E-state index >= 15 is 0 Å². The number of carbonyl (C=O) groups is 1. The highest BCUT2D eigenvalue weighted by Gasteiger charge is 2.42. The number of thiocarbonyl (C=S) groups is 1. The summed E-state index contributed by atoms with van der Waals surface area (Å²) < 4.78 is 10.2. The lowest BCUT2D eigenvalue weighted by Gasteiger charge is -2.34. The van der Waals surface area contributed by atoms with E-state index in [0.717, 1.165) is 6.42 Å². The maximum atomic E-state index is 12.1. The molecule has 1 fully saturated rings. The highest BCUT2D eigenvalue weighted by molar-refractivity contribution is 7.80. The minimum Gasteiger partial charge on any atom is -0.392 e. The Kier molecular flexibility index (Phi) is 5.80. The molecule has 0 saturated carbocycles. The SMILES string of the molecule is COCCCNC(=O)C1(C(N)=S)CCOCC1. The molecule has 0 aromatic heterocycles. The first kappa shape index (κ1) is 14.3. The maximum Gasteiger partial charge on any atom is 0.233 e. The number of ether oxygens (including phenoxy) is 2. The maximum absolute atomic E-state index is 12.1. The zero-order valence-corrected chi connectivity index (χ0v) is 11.0. The Morgan fingerprint density at radius 1 is 1.53 bits per heavy atom. The Bertz CT molecular complexity index is 278. The molecule has 1 aliphatic rings. The second kappa shape index (κ2) is 6.88. The Labute approximate surface area is 107 Å². The monoisotopic (exact) mass is 260 g/mol. The van der Waals surface area contributed by atoms with Crippen molar-refractivity contribution in [2.45, 2.75) is 19.3 Å². The lowest BCUT2D eigenvalue weighted by Crippen LogP contribution is -2.52. The Morgan fingerprint density at radius 2 is 2.18 bits per heavy atom. The van der Waals surface area contributed by atoms with E-state index in [1.165, 1.54) is 0 Å². The summed E-state index contributed by atoms with van der Waals surface area (Å²) in [5.41, 5.74) is 5.00. The van der Waals surface area contributed by atoms with Gasteiger partial charge in [-0.15, -0.1) is 0 Å². The van der Waals surface area contributed by atoms with Crippen molar-refractivity contribution in [3.8, 4) is 0 Å². The van der Waals surface area contributed by atoms with E-state index in [9.17, 15) is 4.79 Å². The molecule has 1 saturated heterocycles. The van der Waals surface area contributed by atoms with E-state index < -0.39 is 5.41 Å². The summed E-state index contributed by atoms with van der Waals surface area (Å²) in [5.74, 6) is -0.0793. The number of methoxy groups -OCH3 is 1. The van der Waals surface area contributed by atoms with Crippen LogP contribution in [0.1, 0.15) is 19.3 Å². The highest BCUT2D eigenvalue weighted by Crippen LogP contribution is 2.31. The van der Waals surface area contributed by atoms with Crippen LogP contribution < -0.4 is 11.1 Å². The molecule has 0 radical (unpaired) electrons. The van der Waals surface area contributed by atoms with Gasteiger partial charge in [-0.3, -0.25) is 4.79 Å². The number of rotatable bonds is 6. The summed E-state index contributed by atoms with van der Waals surface area (Å²) in [6.45, 7) is 2.27. The van der Waals surface area contributed by atoms with E-state index in [4.69, 9.17) is 27.4 Å². The van der Waals surface area contributed by atoms with E-state index in [2.05, 4.69) is 5.32 Å². The molecule has 1 aliphatic heterocycles. The van der Waals surface area contributed by atoms with Crippen LogP contribution in [0.4, 0.5) is 0 Å².